The van der Waals surface area contributed by atoms with Gasteiger partial charge in [-0.15, -0.1) is 0 Å². The van der Waals surface area contributed by atoms with Crippen molar-refractivity contribution < 1.29 is 14.2 Å². The first-order chi connectivity index (χ1) is 8.63. The zero-order valence-electron chi connectivity index (χ0n) is 10.4. The van der Waals surface area contributed by atoms with Gasteiger partial charge in [-0.1, -0.05) is 0 Å². The highest BCUT2D eigenvalue weighted by atomic mass is 32.1. The topological polar surface area (TPSA) is 78.1 Å². The number of benzene rings is 1. The fourth-order valence-electron chi connectivity index (χ4n) is 1.39. The molecule has 18 heavy (non-hydrogen) atoms. The molecule has 1 rings (SSSR count). The molecule has 98 valence electrons. The van der Waals surface area contributed by atoms with Gasteiger partial charge in [0.2, 0.25) is 0 Å². The highest BCUT2D eigenvalue weighted by Crippen LogP contribution is 2.35. The van der Waals surface area contributed by atoms with E-state index in [0.29, 0.717) is 22.8 Å². The van der Waals surface area contributed by atoms with Crippen molar-refractivity contribution in [2.75, 3.05) is 21.3 Å². The van der Waals surface area contributed by atoms with E-state index in [2.05, 4.69) is 22.7 Å². The molecule has 0 aromatic heterocycles. The summed E-state index contributed by atoms with van der Waals surface area (Å²) in [5, 5.41) is 3.95. The summed E-state index contributed by atoms with van der Waals surface area (Å²) in [7, 11) is 4.65. The van der Waals surface area contributed by atoms with Crippen LogP contribution in [0.25, 0.3) is 0 Å². The summed E-state index contributed by atoms with van der Waals surface area (Å²) in [6, 6.07) is 3.50. The van der Waals surface area contributed by atoms with Crippen molar-refractivity contribution in [2.24, 2.45) is 10.8 Å². The Kier molecular flexibility index (Phi) is 5.19. The second-order valence-corrected chi connectivity index (χ2v) is 3.59. The third-order valence-corrected chi connectivity index (χ3v) is 2.22. The molecular formula is C11H15N3O3S. The van der Waals surface area contributed by atoms with E-state index in [0.717, 1.165) is 0 Å². The number of thiocarbonyl (C=S) groups is 1. The van der Waals surface area contributed by atoms with Crippen molar-refractivity contribution in [3.63, 3.8) is 0 Å². The van der Waals surface area contributed by atoms with Gasteiger partial charge in [0.1, 0.15) is 5.75 Å². The van der Waals surface area contributed by atoms with Crippen molar-refractivity contribution in [1.82, 2.24) is 5.43 Å². The molecule has 0 bridgehead atoms. The number of hydrogen-bond donors (Lipinski definition) is 2. The molecule has 0 aliphatic rings. The number of rotatable bonds is 5. The molecule has 1 aromatic carbocycles. The Labute approximate surface area is 111 Å². The van der Waals surface area contributed by atoms with Gasteiger partial charge >= 0.3 is 0 Å². The van der Waals surface area contributed by atoms with Crippen LogP contribution >= 0.6 is 12.2 Å². The molecule has 0 aliphatic carbocycles. The molecule has 0 atom stereocenters. The lowest BCUT2D eigenvalue weighted by molar-refractivity contribution is 0.348. The number of ether oxygens (including phenoxy) is 3. The molecule has 0 saturated carbocycles. The second-order valence-electron chi connectivity index (χ2n) is 3.15. The first-order valence-corrected chi connectivity index (χ1v) is 5.42. The maximum atomic E-state index is 5.28. The van der Waals surface area contributed by atoms with E-state index < -0.39 is 0 Å². The summed E-state index contributed by atoms with van der Waals surface area (Å²) in [5.41, 5.74) is 8.36. The first kappa shape index (κ1) is 14.0. The zero-order valence-corrected chi connectivity index (χ0v) is 11.2. The second kappa shape index (κ2) is 6.65. The molecule has 3 N–H and O–H groups in total. The van der Waals surface area contributed by atoms with Crippen LogP contribution in [0, 0.1) is 0 Å². The van der Waals surface area contributed by atoms with Crippen LogP contribution in [0.1, 0.15) is 5.56 Å². The molecule has 0 fully saturated rings. The minimum atomic E-state index is 0.0760. The summed E-state index contributed by atoms with van der Waals surface area (Å²) in [4.78, 5) is 0. The molecule has 0 heterocycles. The average molecular weight is 269 g/mol. The van der Waals surface area contributed by atoms with Gasteiger partial charge in [-0.3, -0.25) is 5.43 Å². The van der Waals surface area contributed by atoms with E-state index in [1.807, 2.05) is 0 Å². The van der Waals surface area contributed by atoms with E-state index >= 15 is 0 Å². The van der Waals surface area contributed by atoms with Crippen LogP contribution in [0.5, 0.6) is 17.2 Å². The van der Waals surface area contributed by atoms with Crippen LogP contribution in [0.2, 0.25) is 0 Å². The third-order valence-electron chi connectivity index (χ3n) is 2.13. The minimum Gasteiger partial charge on any atom is -0.496 e. The van der Waals surface area contributed by atoms with E-state index in [9.17, 15) is 0 Å². The average Bonchev–Trinajstić information content (AvgIpc) is 2.37. The predicted molar refractivity (Wildman–Crippen MR) is 73.6 cm³/mol. The summed E-state index contributed by atoms with van der Waals surface area (Å²) in [6.45, 7) is 0. The Morgan fingerprint density at radius 1 is 1.22 bits per heavy atom. The molecule has 1 aromatic rings. The zero-order chi connectivity index (χ0) is 13.5. The Hall–Kier alpha value is -2.02. The van der Waals surface area contributed by atoms with Gasteiger partial charge in [-0.2, -0.15) is 5.10 Å². The highest BCUT2D eigenvalue weighted by Gasteiger charge is 2.13. The normalized spacial score (nSPS) is 10.2. The molecule has 7 heteroatoms. The summed E-state index contributed by atoms with van der Waals surface area (Å²) < 4.78 is 15.7. The van der Waals surface area contributed by atoms with Gasteiger partial charge in [0.25, 0.3) is 0 Å². The van der Waals surface area contributed by atoms with Gasteiger partial charge in [0.15, 0.2) is 16.6 Å². The summed E-state index contributed by atoms with van der Waals surface area (Å²) in [5.74, 6) is 1.70. The largest absolute Gasteiger partial charge is 0.496 e. The van der Waals surface area contributed by atoms with Gasteiger partial charge in [0.05, 0.1) is 33.1 Å². The molecule has 0 saturated heterocycles. The number of hydrogen-bond acceptors (Lipinski definition) is 5. The van der Waals surface area contributed by atoms with Crippen LogP contribution in [0.4, 0.5) is 0 Å². The van der Waals surface area contributed by atoms with Crippen LogP contribution in [-0.4, -0.2) is 32.7 Å². The lowest BCUT2D eigenvalue weighted by Crippen LogP contribution is -2.24. The Morgan fingerprint density at radius 2 is 1.83 bits per heavy atom. The third kappa shape index (κ3) is 3.24. The quantitative estimate of drug-likeness (QED) is 0.469. The molecular weight excluding hydrogens is 254 g/mol. The summed E-state index contributed by atoms with van der Waals surface area (Å²) in [6.07, 6.45) is 1.50. The van der Waals surface area contributed by atoms with Crippen molar-refractivity contribution in [1.29, 1.82) is 0 Å². The van der Waals surface area contributed by atoms with Crippen molar-refractivity contribution in [2.45, 2.75) is 0 Å². The number of nitrogens with zero attached hydrogens (tertiary/aromatic N) is 1. The predicted octanol–water partition coefficient (Wildman–Crippen LogP) is 0.879. The number of hydrazone groups is 1. The molecule has 0 unspecified atom stereocenters. The van der Waals surface area contributed by atoms with E-state index in [1.54, 1.807) is 26.4 Å². The highest BCUT2D eigenvalue weighted by molar-refractivity contribution is 7.80. The van der Waals surface area contributed by atoms with Crippen LogP contribution in [0.3, 0.4) is 0 Å². The lowest BCUT2D eigenvalue weighted by Gasteiger charge is -2.13. The lowest BCUT2D eigenvalue weighted by atomic mass is 10.1. The minimum absolute atomic E-state index is 0.0760. The Balaban J connectivity index is 3.19. The van der Waals surface area contributed by atoms with E-state index in [-0.39, 0.29) is 5.11 Å². The fraction of sp³-hybridized carbons (Fsp3) is 0.273. The molecule has 0 aliphatic heterocycles. The molecule has 0 radical (unpaired) electrons. The monoisotopic (exact) mass is 269 g/mol. The van der Waals surface area contributed by atoms with Gasteiger partial charge < -0.3 is 19.9 Å². The van der Waals surface area contributed by atoms with Crippen LogP contribution in [-0.2, 0) is 0 Å². The number of nitrogens with two attached hydrogens (primary N) is 1. The maximum Gasteiger partial charge on any atom is 0.184 e. The van der Waals surface area contributed by atoms with Crippen LogP contribution < -0.4 is 25.4 Å². The first-order valence-electron chi connectivity index (χ1n) is 5.01. The number of methoxy groups -OCH3 is 3. The van der Waals surface area contributed by atoms with Gasteiger partial charge in [0, 0.05) is 0 Å². The molecule has 0 amide bonds. The van der Waals surface area contributed by atoms with Crippen LogP contribution in [0.15, 0.2) is 17.2 Å². The maximum absolute atomic E-state index is 5.28. The van der Waals surface area contributed by atoms with Crippen molar-refractivity contribution in [3.8, 4) is 17.2 Å². The van der Waals surface area contributed by atoms with Crippen molar-refractivity contribution in [3.05, 3.63) is 17.7 Å². The smallest absolute Gasteiger partial charge is 0.184 e. The van der Waals surface area contributed by atoms with Gasteiger partial charge in [-0.25, -0.2) is 0 Å². The molecule has 0 spiro atoms. The number of nitrogens with one attached hydrogen (secondary N) is 1. The van der Waals surface area contributed by atoms with E-state index in [1.165, 1.54) is 13.3 Å². The summed E-state index contributed by atoms with van der Waals surface area (Å²) >= 11 is 4.65. The Bertz CT molecular complexity index is 463. The molecule has 6 nitrogen and oxygen atoms in total. The van der Waals surface area contributed by atoms with Crippen molar-refractivity contribution >= 4 is 23.5 Å². The Morgan fingerprint density at radius 3 is 2.33 bits per heavy atom. The SMILES string of the molecule is COc1ccc(OC)c(OC)c1C=NNC(N)=S. The van der Waals surface area contributed by atoms with Gasteiger partial charge in [-0.05, 0) is 24.4 Å². The van der Waals surface area contributed by atoms with E-state index in [4.69, 9.17) is 19.9 Å². The standard InChI is InChI=1S/C11H15N3O3S/c1-15-8-4-5-9(16-2)10(17-3)7(8)6-13-14-11(12)18/h4-6H,1-3H3,(H3,12,14,18). The fourth-order valence-corrected chi connectivity index (χ4v) is 1.45.